The molecule has 3 heteroatoms. The SMILES string of the molecule is CC[C@H](N)c1ccccc1OCCCSC. The van der Waals surface area contributed by atoms with E-state index in [9.17, 15) is 0 Å². The van der Waals surface area contributed by atoms with Crippen molar-refractivity contribution in [1.82, 2.24) is 0 Å². The zero-order valence-corrected chi connectivity index (χ0v) is 10.9. The fourth-order valence-electron chi connectivity index (χ4n) is 1.52. The van der Waals surface area contributed by atoms with Crippen molar-refractivity contribution >= 4 is 11.8 Å². The lowest BCUT2D eigenvalue weighted by atomic mass is 10.0. The molecule has 16 heavy (non-hydrogen) atoms. The number of thioether (sulfide) groups is 1. The van der Waals surface area contributed by atoms with Gasteiger partial charge in [0.1, 0.15) is 5.75 Å². The molecule has 1 atom stereocenters. The third kappa shape index (κ3) is 4.06. The predicted molar refractivity (Wildman–Crippen MR) is 72.2 cm³/mol. The summed E-state index contributed by atoms with van der Waals surface area (Å²) in [5.74, 6) is 2.08. The van der Waals surface area contributed by atoms with Crippen LogP contribution in [0.15, 0.2) is 24.3 Å². The standard InChI is InChI=1S/C13H21NOS/c1-3-12(14)11-7-4-5-8-13(11)15-9-6-10-16-2/h4-5,7-8,12H,3,6,9-10,14H2,1-2H3/t12-/m0/s1. The highest BCUT2D eigenvalue weighted by atomic mass is 32.2. The van der Waals surface area contributed by atoms with Crippen molar-refractivity contribution in [3.8, 4) is 5.75 Å². The Kier molecular flexibility index (Phi) is 6.34. The molecule has 0 saturated carbocycles. The van der Waals surface area contributed by atoms with Crippen molar-refractivity contribution in [2.45, 2.75) is 25.8 Å². The maximum atomic E-state index is 6.04. The quantitative estimate of drug-likeness (QED) is 0.742. The summed E-state index contributed by atoms with van der Waals surface area (Å²) in [7, 11) is 0. The van der Waals surface area contributed by atoms with Gasteiger partial charge in [0.15, 0.2) is 0 Å². The second kappa shape index (κ2) is 7.58. The van der Waals surface area contributed by atoms with Gasteiger partial charge in [0.05, 0.1) is 6.61 Å². The van der Waals surface area contributed by atoms with Crippen LogP contribution in [-0.4, -0.2) is 18.6 Å². The third-order valence-corrected chi connectivity index (χ3v) is 3.21. The van der Waals surface area contributed by atoms with Crippen molar-refractivity contribution in [3.05, 3.63) is 29.8 Å². The Hall–Kier alpha value is -0.670. The first-order chi connectivity index (χ1) is 7.79. The summed E-state index contributed by atoms with van der Waals surface area (Å²) in [5.41, 5.74) is 7.16. The number of benzene rings is 1. The Balaban J connectivity index is 2.57. The molecule has 0 aliphatic rings. The highest BCUT2D eigenvalue weighted by Gasteiger charge is 2.09. The summed E-state index contributed by atoms with van der Waals surface area (Å²) in [5, 5.41) is 0. The van der Waals surface area contributed by atoms with Gasteiger partial charge in [-0.2, -0.15) is 11.8 Å². The normalized spacial score (nSPS) is 12.4. The molecule has 0 amide bonds. The lowest BCUT2D eigenvalue weighted by molar-refractivity contribution is 0.313. The van der Waals surface area contributed by atoms with Crippen LogP contribution < -0.4 is 10.5 Å². The maximum absolute atomic E-state index is 6.04. The Morgan fingerprint density at radius 2 is 2.12 bits per heavy atom. The fraction of sp³-hybridized carbons (Fsp3) is 0.538. The van der Waals surface area contributed by atoms with Crippen LogP contribution in [0.3, 0.4) is 0 Å². The molecule has 2 N–H and O–H groups in total. The molecular formula is C13H21NOS. The third-order valence-electron chi connectivity index (χ3n) is 2.51. The van der Waals surface area contributed by atoms with Crippen LogP contribution in [0, 0.1) is 0 Å². The van der Waals surface area contributed by atoms with Crippen LogP contribution in [0.2, 0.25) is 0 Å². The van der Waals surface area contributed by atoms with Gasteiger partial charge >= 0.3 is 0 Å². The summed E-state index contributed by atoms with van der Waals surface area (Å²) >= 11 is 1.85. The van der Waals surface area contributed by atoms with E-state index in [2.05, 4.69) is 19.2 Å². The highest BCUT2D eigenvalue weighted by Crippen LogP contribution is 2.25. The van der Waals surface area contributed by atoms with Crippen LogP contribution in [0.1, 0.15) is 31.4 Å². The Morgan fingerprint density at radius 1 is 1.38 bits per heavy atom. The van der Waals surface area contributed by atoms with Gasteiger partial charge in [0.25, 0.3) is 0 Å². The summed E-state index contributed by atoms with van der Waals surface area (Å²) in [6.07, 6.45) is 4.13. The van der Waals surface area contributed by atoms with Crippen molar-refractivity contribution in [1.29, 1.82) is 0 Å². The van der Waals surface area contributed by atoms with Crippen LogP contribution in [-0.2, 0) is 0 Å². The highest BCUT2D eigenvalue weighted by molar-refractivity contribution is 7.98. The molecule has 0 saturated heterocycles. The molecule has 0 aliphatic heterocycles. The van der Waals surface area contributed by atoms with E-state index in [1.165, 1.54) is 0 Å². The van der Waals surface area contributed by atoms with Crippen molar-refractivity contribution in [3.63, 3.8) is 0 Å². The number of nitrogens with two attached hydrogens (primary N) is 1. The van der Waals surface area contributed by atoms with Crippen LogP contribution in [0.4, 0.5) is 0 Å². The number of hydrogen-bond acceptors (Lipinski definition) is 3. The van der Waals surface area contributed by atoms with Gasteiger partial charge in [-0.1, -0.05) is 25.1 Å². The first-order valence-electron chi connectivity index (χ1n) is 5.75. The molecule has 1 rings (SSSR count). The molecule has 0 fully saturated rings. The van der Waals surface area contributed by atoms with Gasteiger partial charge < -0.3 is 10.5 Å². The van der Waals surface area contributed by atoms with E-state index >= 15 is 0 Å². The molecule has 0 aliphatic carbocycles. The monoisotopic (exact) mass is 239 g/mol. The van der Waals surface area contributed by atoms with Gasteiger partial charge in [-0.25, -0.2) is 0 Å². The molecule has 0 bridgehead atoms. The number of hydrogen-bond donors (Lipinski definition) is 1. The lowest BCUT2D eigenvalue weighted by Crippen LogP contribution is -2.11. The second-order valence-corrected chi connectivity index (χ2v) is 4.73. The number of ether oxygens (including phenoxy) is 1. The van der Waals surface area contributed by atoms with Crippen LogP contribution >= 0.6 is 11.8 Å². The molecule has 0 spiro atoms. The van der Waals surface area contributed by atoms with E-state index < -0.39 is 0 Å². The summed E-state index contributed by atoms with van der Waals surface area (Å²) in [4.78, 5) is 0. The van der Waals surface area contributed by atoms with Gasteiger partial charge in [0, 0.05) is 11.6 Å². The van der Waals surface area contributed by atoms with E-state index in [0.717, 1.165) is 36.5 Å². The van der Waals surface area contributed by atoms with Gasteiger partial charge in [-0.05, 0) is 30.9 Å². The van der Waals surface area contributed by atoms with Crippen molar-refractivity contribution in [2.75, 3.05) is 18.6 Å². The lowest BCUT2D eigenvalue weighted by Gasteiger charge is -2.15. The number of rotatable bonds is 7. The van der Waals surface area contributed by atoms with Crippen LogP contribution in [0.5, 0.6) is 5.75 Å². The molecule has 90 valence electrons. The van der Waals surface area contributed by atoms with E-state index in [1.807, 2.05) is 30.0 Å². The van der Waals surface area contributed by atoms with E-state index in [1.54, 1.807) is 0 Å². The van der Waals surface area contributed by atoms with E-state index in [-0.39, 0.29) is 6.04 Å². The molecule has 2 nitrogen and oxygen atoms in total. The largest absolute Gasteiger partial charge is 0.493 e. The zero-order valence-electron chi connectivity index (χ0n) is 10.1. The maximum Gasteiger partial charge on any atom is 0.124 e. The van der Waals surface area contributed by atoms with E-state index in [0.29, 0.717) is 0 Å². The van der Waals surface area contributed by atoms with Crippen LogP contribution in [0.25, 0.3) is 0 Å². The Labute approximate surface area is 103 Å². The minimum Gasteiger partial charge on any atom is -0.493 e. The van der Waals surface area contributed by atoms with Gasteiger partial charge in [-0.15, -0.1) is 0 Å². The van der Waals surface area contributed by atoms with Crippen molar-refractivity contribution < 1.29 is 4.74 Å². The fourth-order valence-corrected chi connectivity index (χ4v) is 1.93. The first-order valence-corrected chi connectivity index (χ1v) is 7.15. The first kappa shape index (κ1) is 13.4. The summed E-state index contributed by atoms with van der Waals surface area (Å²) in [6.45, 7) is 2.86. The molecule has 1 aromatic carbocycles. The summed E-state index contributed by atoms with van der Waals surface area (Å²) in [6, 6.07) is 8.15. The zero-order chi connectivity index (χ0) is 11.8. The molecular weight excluding hydrogens is 218 g/mol. The average molecular weight is 239 g/mol. The molecule has 0 heterocycles. The minimum absolute atomic E-state index is 0.0803. The summed E-state index contributed by atoms with van der Waals surface area (Å²) < 4.78 is 5.77. The Morgan fingerprint density at radius 3 is 2.81 bits per heavy atom. The topological polar surface area (TPSA) is 35.2 Å². The molecule has 0 unspecified atom stereocenters. The van der Waals surface area contributed by atoms with Gasteiger partial charge in [0.2, 0.25) is 0 Å². The molecule has 1 aromatic rings. The minimum atomic E-state index is 0.0803. The average Bonchev–Trinajstić information content (AvgIpc) is 2.34. The number of para-hydroxylation sites is 1. The van der Waals surface area contributed by atoms with Gasteiger partial charge in [-0.3, -0.25) is 0 Å². The Bertz CT molecular complexity index is 304. The van der Waals surface area contributed by atoms with E-state index in [4.69, 9.17) is 10.5 Å². The molecule has 0 aromatic heterocycles. The second-order valence-electron chi connectivity index (χ2n) is 3.75. The molecule has 0 radical (unpaired) electrons. The van der Waals surface area contributed by atoms with Crippen molar-refractivity contribution in [2.24, 2.45) is 5.73 Å². The predicted octanol–water partition coefficient (Wildman–Crippen LogP) is 3.23. The smallest absolute Gasteiger partial charge is 0.124 e.